The van der Waals surface area contributed by atoms with Gasteiger partial charge in [0.15, 0.2) is 11.5 Å². The van der Waals surface area contributed by atoms with Crippen LogP contribution in [0.2, 0.25) is 0 Å². The van der Waals surface area contributed by atoms with Crippen molar-refractivity contribution in [2.75, 3.05) is 26.6 Å². The van der Waals surface area contributed by atoms with Gasteiger partial charge in [-0.25, -0.2) is 0 Å². The number of carboxylic acid groups (broad SMARTS) is 1. The van der Waals surface area contributed by atoms with Crippen molar-refractivity contribution in [2.24, 2.45) is 0 Å². The van der Waals surface area contributed by atoms with Gasteiger partial charge in [-0.15, -0.1) is 0 Å². The Morgan fingerprint density at radius 2 is 2.10 bits per heavy atom. The maximum atomic E-state index is 12.6. The van der Waals surface area contributed by atoms with Crippen LogP contribution >= 0.6 is 0 Å². The zero-order chi connectivity index (χ0) is 14.8. The molecule has 0 aliphatic carbocycles. The number of fused-ring (bicyclic) bond motifs is 1. The van der Waals surface area contributed by atoms with Gasteiger partial charge in [-0.05, 0) is 18.2 Å². The first kappa shape index (κ1) is 13.7. The lowest BCUT2D eigenvalue weighted by Crippen LogP contribution is -2.49. The Kier molecular flexibility index (Phi) is 3.66. The van der Waals surface area contributed by atoms with Crippen molar-refractivity contribution in [3.8, 4) is 11.5 Å². The summed E-state index contributed by atoms with van der Waals surface area (Å²) in [5, 5.41) is 8.93. The fourth-order valence-corrected chi connectivity index (χ4v) is 2.49. The topological polar surface area (TPSA) is 85.3 Å². The van der Waals surface area contributed by atoms with Crippen LogP contribution in [0.15, 0.2) is 18.2 Å². The molecular weight excluding hydrogens is 278 g/mol. The van der Waals surface area contributed by atoms with E-state index in [-0.39, 0.29) is 25.7 Å². The van der Waals surface area contributed by atoms with Crippen LogP contribution in [-0.4, -0.2) is 54.5 Å². The number of ether oxygens (including phenoxy) is 3. The summed E-state index contributed by atoms with van der Waals surface area (Å²) in [6, 6.07) is 4.51. The molecule has 0 unspecified atom stereocenters. The van der Waals surface area contributed by atoms with Gasteiger partial charge in [0.25, 0.3) is 5.91 Å². The molecule has 3 rings (SSSR count). The maximum absolute atomic E-state index is 12.6. The molecule has 1 aromatic rings. The molecular formula is C14H15NO6. The standard InChI is InChI=1S/C14H15NO6/c16-13(17)6-10-7-19-4-3-15(10)14(18)9-1-2-11-12(5-9)21-8-20-11/h1-2,5,10H,3-4,6-8H2,(H,16,17)/t10-/m0/s1. The monoisotopic (exact) mass is 293 g/mol. The van der Waals surface area contributed by atoms with Crippen LogP contribution in [-0.2, 0) is 9.53 Å². The second-order valence-corrected chi connectivity index (χ2v) is 4.89. The van der Waals surface area contributed by atoms with Gasteiger partial charge in [0, 0.05) is 12.1 Å². The lowest BCUT2D eigenvalue weighted by atomic mass is 10.1. The molecule has 1 aromatic carbocycles. The van der Waals surface area contributed by atoms with Crippen molar-refractivity contribution in [1.82, 2.24) is 4.90 Å². The highest BCUT2D eigenvalue weighted by Crippen LogP contribution is 2.33. The van der Waals surface area contributed by atoms with Crippen molar-refractivity contribution in [3.05, 3.63) is 23.8 Å². The van der Waals surface area contributed by atoms with Gasteiger partial charge in [-0.3, -0.25) is 9.59 Å². The SMILES string of the molecule is O=C(O)C[C@H]1COCCN1C(=O)c1ccc2c(c1)OCO2. The highest BCUT2D eigenvalue weighted by molar-refractivity contribution is 5.95. The number of carbonyl (C=O) groups excluding carboxylic acids is 1. The summed E-state index contributed by atoms with van der Waals surface area (Å²) in [6.07, 6.45) is -0.129. The summed E-state index contributed by atoms with van der Waals surface area (Å²) < 4.78 is 15.7. The van der Waals surface area contributed by atoms with E-state index in [2.05, 4.69) is 0 Å². The Morgan fingerprint density at radius 1 is 1.29 bits per heavy atom. The third-order valence-electron chi connectivity index (χ3n) is 3.52. The second kappa shape index (κ2) is 5.61. The van der Waals surface area contributed by atoms with Crippen LogP contribution in [0.3, 0.4) is 0 Å². The molecule has 7 heteroatoms. The highest BCUT2D eigenvalue weighted by atomic mass is 16.7. The molecule has 0 spiro atoms. The van der Waals surface area contributed by atoms with Crippen LogP contribution in [0.25, 0.3) is 0 Å². The number of hydrogen-bond donors (Lipinski definition) is 1. The third-order valence-corrected chi connectivity index (χ3v) is 3.52. The lowest BCUT2D eigenvalue weighted by molar-refractivity contribution is -0.139. The van der Waals surface area contributed by atoms with E-state index in [9.17, 15) is 9.59 Å². The second-order valence-electron chi connectivity index (χ2n) is 4.89. The Bertz CT molecular complexity index is 573. The van der Waals surface area contributed by atoms with Crippen LogP contribution in [0.4, 0.5) is 0 Å². The molecule has 1 N–H and O–H groups in total. The maximum Gasteiger partial charge on any atom is 0.305 e. The number of carboxylic acids is 1. The number of morpholine rings is 1. The van der Waals surface area contributed by atoms with E-state index in [0.717, 1.165) is 0 Å². The first-order chi connectivity index (χ1) is 10.1. The normalized spacial score (nSPS) is 20.4. The average molecular weight is 293 g/mol. The first-order valence-electron chi connectivity index (χ1n) is 6.65. The van der Waals surface area contributed by atoms with Crippen molar-refractivity contribution < 1.29 is 28.9 Å². The summed E-state index contributed by atoms with van der Waals surface area (Å²) in [5.41, 5.74) is 0.455. The third kappa shape index (κ3) is 2.78. The van der Waals surface area contributed by atoms with Crippen LogP contribution in [0.5, 0.6) is 11.5 Å². The molecule has 2 aliphatic rings. The van der Waals surface area contributed by atoms with E-state index < -0.39 is 12.0 Å². The minimum absolute atomic E-state index is 0.129. The van der Waals surface area contributed by atoms with Gasteiger partial charge >= 0.3 is 5.97 Å². The van der Waals surface area contributed by atoms with E-state index in [1.54, 1.807) is 23.1 Å². The van der Waals surface area contributed by atoms with Gasteiger partial charge < -0.3 is 24.2 Å². The molecule has 2 heterocycles. The lowest BCUT2D eigenvalue weighted by Gasteiger charge is -2.34. The molecule has 21 heavy (non-hydrogen) atoms. The summed E-state index contributed by atoms with van der Waals surface area (Å²) in [7, 11) is 0. The fourth-order valence-electron chi connectivity index (χ4n) is 2.49. The zero-order valence-electron chi connectivity index (χ0n) is 11.3. The van der Waals surface area contributed by atoms with E-state index in [0.29, 0.717) is 30.2 Å². The summed E-state index contributed by atoms with van der Waals surface area (Å²) >= 11 is 0. The molecule has 7 nitrogen and oxygen atoms in total. The van der Waals surface area contributed by atoms with Crippen molar-refractivity contribution >= 4 is 11.9 Å². The Morgan fingerprint density at radius 3 is 2.90 bits per heavy atom. The average Bonchev–Trinajstić information content (AvgIpc) is 2.94. The molecule has 0 aromatic heterocycles. The number of nitrogens with zero attached hydrogens (tertiary/aromatic N) is 1. The van der Waals surface area contributed by atoms with Crippen molar-refractivity contribution in [2.45, 2.75) is 12.5 Å². The quantitative estimate of drug-likeness (QED) is 0.884. The minimum atomic E-state index is -0.950. The highest BCUT2D eigenvalue weighted by Gasteiger charge is 2.30. The van der Waals surface area contributed by atoms with Gasteiger partial charge in [-0.2, -0.15) is 0 Å². The van der Waals surface area contributed by atoms with Gasteiger partial charge in [0.2, 0.25) is 6.79 Å². The fraction of sp³-hybridized carbons (Fsp3) is 0.429. The van der Waals surface area contributed by atoms with E-state index in [4.69, 9.17) is 19.3 Å². The van der Waals surface area contributed by atoms with Gasteiger partial charge in [0.05, 0.1) is 25.7 Å². The molecule has 2 aliphatic heterocycles. The van der Waals surface area contributed by atoms with E-state index in [1.807, 2.05) is 0 Å². The molecule has 0 radical (unpaired) electrons. The Balaban J connectivity index is 1.80. The summed E-state index contributed by atoms with van der Waals surface area (Å²) in [6.45, 7) is 1.17. The summed E-state index contributed by atoms with van der Waals surface area (Å²) in [4.78, 5) is 25.0. The molecule has 112 valence electrons. The van der Waals surface area contributed by atoms with Crippen LogP contribution in [0, 0.1) is 0 Å². The first-order valence-corrected chi connectivity index (χ1v) is 6.65. The van der Waals surface area contributed by atoms with E-state index in [1.165, 1.54) is 0 Å². The van der Waals surface area contributed by atoms with Gasteiger partial charge in [-0.1, -0.05) is 0 Å². The minimum Gasteiger partial charge on any atom is -0.481 e. The molecule has 1 atom stereocenters. The van der Waals surface area contributed by atoms with E-state index >= 15 is 0 Å². The molecule has 1 saturated heterocycles. The van der Waals surface area contributed by atoms with Crippen molar-refractivity contribution in [3.63, 3.8) is 0 Å². The molecule has 1 amide bonds. The number of carbonyl (C=O) groups is 2. The Labute approximate surface area is 121 Å². The van der Waals surface area contributed by atoms with Crippen LogP contribution < -0.4 is 9.47 Å². The molecule has 0 saturated carbocycles. The van der Waals surface area contributed by atoms with Crippen molar-refractivity contribution in [1.29, 1.82) is 0 Å². The zero-order valence-corrected chi connectivity index (χ0v) is 11.3. The van der Waals surface area contributed by atoms with Gasteiger partial charge in [0.1, 0.15) is 0 Å². The molecule has 1 fully saturated rings. The number of hydrogen-bond acceptors (Lipinski definition) is 5. The smallest absolute Gasteiger partial charge is 0.305 e. The number of aliphatic carboxylic acids is 1. The number of benzene rings is 1. The summed E-state index contributed by atoms with van der Waals surface area (Å²) in [5.74, 6) is -0.0312. The number of rotatable bonds is 3. The predicted molar refractivity (Wildman–Crippen MR) is 70.5 cm³/mol. The molecule has 0 bridgehead atoms. The number of amides is 1. The predicted octanol–water partition coefficient (Wildman–Crippen LogP) is 0.731. The Hall–Kier alpha value is -2.28. The van der Waals surface area contributed by atoms with Crippen LogP contribution in [0.1, 0.15) is 16.8 Å². The largest absolute Gasteiger partial charge is 0.481 e.